The fourth-order valence-corrected chi connectivity index (χ4v) is 3.47. The van der Waals surface area contributed by atoms with Crippen LogP contribution in [-0.2, 0) is 16.1 Å². The summed E-state index contributed by atoms with van der Waals surface area (Å²) in [5.41, 5.74) is 0. The molecule has 5 heteroatoms. The third-order valence-corrected chi connectivity index (χ3v) is 4.80. The number of amides is 2. The van der Waals surface area contributed by atoms with Crippen LogP contribution in [0.15, 0.2) is 22.8 Å². The second-order valence-corrected chi connectivity index (χ2v) is 6.50. The van der Waals surface area contributed by atoms with E-state index in [4.69, 9.17) is 4.42 Å². The van der Waals surface area contributed by atoms with E-state index in [9.17, 15) is 9.59 Å². The molecule has 1 aliphatic heterocycles. The summed E-state index contributed by atoms with van der Waals surface area (Å²) in [6.07, 6.45) is 8.23. The van der Waals surface area contributed by atoms with Crippen LogP contribution in [0.25, 0.3) is 0 Å². The van der Waals surface area contributed by atoms with E-state index < -0.39 is 0 Å². The fraction of sp³-hybridized carbons (Fsp3) is 0.647. The number of rotatable bonds is 5. The van der Waals surface area contributed by atoms with Crippen LogP contribution >= 0.6 is 0 Å². The monoisotopic (exact) mass is 304 g/mol. The Morgan fingerprint density at radius 3 is 2.86 bits per heavy atom. The van der Waals surface area contributed by atoms with Gasteiger partial charge in [0.25, 0.3) is 0 Å². The second-order valence-electron chi connectivity index (χ2n) is 6.50. The highest BCUT2D eigenvalue weighted by atomic mass is 16.3. The first-order chi connectivity index (χ1) is 10.7. The van der Waals surface area contributed by atoms with E-state index in [1.165, 1.54) is 32.1 Å². The van der Waals surface area contributed by atoms with Gasteiger partial charge in [-0.15, -0.1) is 0 Å². The van der Waals surface area contributed by atoms with Gasteiger partial charge in [0, 0.05) is 19.5 Å². The number of hydrogen-bond acceptors (Lipinski definition) is 3. The van der Waals surface area contributed by atoms with Crippen LogP contribution in [0.1, 0.15) is 44.3 Å². The average Bonchev–Trinajstić information content (AvgIpc) is 3.17. The van der Waals surface area contributed by atoms with Gasteiger partial charge in [-0.2, -0.15) is 0 Å². The SMILES string of the molecule is O=C(NCC1CCCCC1)C1CC(=O)N(Cc2ccco2)C1. The van der Waals surface area contributed by atoms with Gasteiger partial charge in [-0.05, 0) is 30.9 Å². The molecule has 0 radical (unpaired) electrons. The minimum Gasteiger partial charge on any atom is -0.467 e. The molecule has 0 aromatic carbocycles. The predicted octanol–water partition coefficient (Wildman–Crippen LogP) is 2.32. The summed E-state index contributed by atoms with van der Waals surface area (Å²) in [5.74, 6) is 1.23. The van der Waals surface area contributed by atoms with Crippen molar-refractivity contribution in [3.63, 3.8) is 0 Å². The lowest BCUT2D eigenvalue weighted by Gasteiger charge is -2.22. The number of nitrogens with zero attached hydrogens (tertiary/aromatic N) is 1. The topological polar surface area (TPSA) is 62.6 Å². The Morgan fingerprint density at radius 2 is 2.14 bits per heavy atom. The molecule has 2 aliphatic rings. The van der Waals surface area contributed by atoms with Crippen molar-refractivity contribution in [1.82, 2.24) is 10.2 Å². The molecular formula is C17H24N2O3. The zero-order chi connectivity index (χ0) is 15.4. The molecule has 2 amide bonds. The lowest BCUT2D eigenvalue weighted by Crippen LogP contribution is -2.36. The minimum absolute atomic E-state index is 0.0286. The molecule has 0 spiro atoms. The lowest BCUT2D eigenvalue weighted by molar-refractivity contribution is -0.129. The van der Waals surface area contributed by atoms with Crippen molar-refractivity contribution < 1.29 is 14.0 Å². The van der Waals surface area contributed by atoms with Gasteiger partial charge in [-0.1, -0.05) is 19.3 Å². The highest BCUT2D eigenvalue weighted by Crippen LogP contribution is 2.24. The van der Waals surface area contributed by atoms with Crippen molar-refractivity contribution >= 4 is 11.8 Å². The minimum atomic E-state index is -0.217. The third-order valence-electron chi connectivity index (χ3n) is 4.80. The molecule has 1 aromatic rings. The van der Waals surface area contributed by atoms with E-state index in [0.29, 0.717) is 25.4 Å². The summed E-state index contributed by atoms with van der Waals surface area (Å²) in [6.45, 7) is 1.72. The molecule has 1 atom stereocenters. The molecule has 1 aromatic heterocycles. The predicted molar refractivity (Wildman–Crippen MR) is 81.8 cm³/mol. The number of carbonyl (C=O) groups excluding carboxylic acids is 2. The molecule has 2 heterocycles. The zero-order valence-corrected chi connectivity index (χ0v) is 12.9. The van der Waals surface area contributed by atoms with Crippen molar-refractivity contribution in [1.29, 1.82) is 0 Å². The molecule has 0 bridgehead atoms. The fourth-order valence-electron chi connectivity index (χ4n) is 3.47. The highest BCUT2D eigenvalue weighted by Gasteiger charge is 2.34. The van der Waals surface area contributed by atoms with Crippen LogP contribution in [0, 0.1) is 11.8 Å². The first-order valence-electron chi connectivity index (χ1n) is 8.30. The Hall–Kier alpha value is -1.78. The van der Waals surface area contributed by atoms with Crippen LogP contribution in [0.5, 0.6) is 0 Å². The molecule has 22 heavy (non-hydrogen) atoms. The summed E-state index contributed by atoms with van der Waals surface area (Å²) in [5, 5.41) is 3.05. The number of carbonyl (C=O) groups is 2. The molecular weight excluding hydrogens is 280 g/mol. The number of furan rings is 1. The summed E-state index contributed by atoms with van der Waals surface area (Å²) < 4.78 is 5.27. The molecule has 1 aliphatic carbocycles. The summed E-state index contributed by atoms with van der Waals surface area (Å²) in [7, 11) is 0. The highest BCUT2D eigenvalue weighted by molar-refractivity contribution is 5.89. The van der Waals surface area contributed by atoms with Crippen LogP contribution < -0.4 is 5.32 Å². The second kappa shape index (κ2) is 6.99. The summed E-state index contributed by atoms with van der Waals surface area (Å²) >= 11 is 0. The first kappa shape index (κ1) is 15.1. The van der Waals surface area contributed by atoms with E-state index in [1.807, 2.05) is 12.1 Å². The zero-order valence-electron chi connectivity index (χ0n) is 12.9. The molecule has 1 unspecified atom stereocenters. The van der Waals surface area contributed by atoms with Gasteiger partial charge in [0.2, 0.25) is 11.8 Å². The smallest absolute Gasteiger partial charge is 0.225 e. The Kier molecular flexibility index (Phi) is 4.80. The van der Waals surface area contributed by atoms with Crippen molar-refractivity contribution in [3.05, 3.63) is 24.2 Å². The average molecular weight is 304 g/mol. The molecule has 5 nitrogen and oxygen atoms in total. The van der Waals surface area contributed by atoms with Gasteiger partial charge in [0.1, 0.15) is 5.76 Å². The van der Waals surface area contributed by atoms with Crippen molar-refractivity contribution in [3.8, 4) is 0 Å². The molecule has 1 saturated carbocycles. The number of likely N-dealkylation sites (tertiary alicyclic amines) is 1. The molecule has 1 N–H and O–H groups in total. The van der Waals surface area contributed by atoms with E-state index in [-0.39, 0.29) is 17.7 Å². The number of hydrogen-bond donors (Lipinski definition) is 1. The van der Waals surface area contributed by atoms with E-state index >= 15 is 0 Å². The van der Waals surface area contributed by atoms with E-state index in [2.05, 4.69) is 5.32 Å². The Bertz CT molecular complexity index is 506. The normalized spacial score (nSPS) is 23.0. The van der Waals surface area contributed by atoms with Crippen LogP contribution in [-0.4, -0.2) is 29.8 Å². The van der Waals surface area contributed by atoms with E-state index in [1.54, 1.807) is 11.2 Å². The van der Waals surface area contributed by atoms with Crippen molar-refractivity contribution in [2.24, 2.45) is 11.8 Å². The van der Waals surface area contributed by atoms with Crippen molar-refractivity contribution in [2.45, 2.75) is 45.1 Å². The van der Waals surface area contributed by atoms with Crippen molar-refractivity contribution in [2.75, 3.05) is 13.1 Å². The number of nitrogens with one attached hydrogen (secondary N) is 1. The Labute approximate surface area is 131 Å². The first-order valence-corrected chi connectivity index (χ1v) is 8.30. The van der Waals surface area contributed by atoms with Gasteiger partial charge in [-0.25, -0.2) is 0 Å². The van der Waals surface area contributed by atoms with Gasteiger partial charge >= 0.3 is 0 Å². The standard InChI is InChI=1S/C17H24N2O3/c20-16-9-14(11-19(16)12-15-7-4-8-22-15)17(21)18-10-13-5-2-1-3-6-13/h4,7-8,13-14H,1-3,5-6,9-12H2,(H,18,21). The maximum Gasteiger partial charge on any atom is 0.225 e. The summed E-state index contributed by atoms with van der Waals surface area (Å²) in [4.78, 5) is 26.0. The Morgan fingerprint density at radius 1 is 1.32 bits per heavy atom. The lowest BCUT2D eigenvalue weighted by atomic mass is 9.89. The van der Waals surface area contributed by atoms with Gasteiger partial charge in [-0.3, -0.25) is 9.59 Å². The Balaban J connectivity index is 1.46. The quantitative estimate of drug-likeness (QED) is 0.908. The maximum atomic E-state index is 12.3. The third kappa shape index (κ3) is 3.70. The van der Waals surface area contributed by atoms with Gasteiger partial charge in [0.05, 0.1) is 18.7 Å². The van der Waals surface area contributed by atoms with Crippen LogP contribution in [0.2, 0.25) is 0 Å². The molecule has 2 fully saturated rings. The van der Waals surface area contributed by atoms with Crippen LogP contribution in [0.3, 0.4) is 0 Å². The largest absolute Gasteiger partial charge is 0.467 e. The molecule has 120 valence electrons. The van der Waals surface area contributed by atoms with Crippen LogP contribution in [0.4, 0.5) is 0 Å². The van der Waals surface area contributed by atoms with Gasteiger partial charge in [0.15, 0.2) is 0 Å². The molecule has 3 rings (SSSR count). The summed E-state index contributed by atoms with van der Waals surface area (Å²) in [6, 6.07) is 3.66. The van der Waals surface area contributed by atoms with E-state index in [0.717, 1.165) is 12.3 Å². The maximum absolute atomic E-state index is 12.3. The molecule has 1 saturated heterocycles. The van der Waals surface area contributed by atoms with Gasteiger partial charge < -0.3 is 14.6 Å².